The molecule has 1 N–H and O–H groups in total. The van der Waals surface area contributed by atoms with Crippen molar-refractivity contribution in [3.8, 4) is 12.3 Å². The number of aromatic amines is 1. The first kappa shape index (κ1) is 16.9. The summed E-state index contributed by atoms with van der Waals surface area (Å²) in [4.78, 5) is 24.7. The van der Waals surface area contributed by atoms with E-state index in [-0.39, 0.29) is 5.92 Å². The fourth-order valence-corrected chi connectivity index (χ4v) is 4.06. The third-order valence-corrected chi connectivity index (χ3v) is 5.57. The molecule has 5 nitrogen and oxygen atoms in total. The maximum absolute atomic E-state index is 12.8. The van der Waals surface area contributed by atoms with E-state index in [2.05, 4.69) is 32.9 Å². The predicted octanol–water partition coefficient (Wildman–Crippen LogP) is 2.52. The fourth-order valence-electron chi connectivity index (χ4n) is 4.06. The van der Waals surface area contributed by atoms with Crippen LogP contribution in [0.1, 0.15) is 24.8 Å². The van der Waals surface area contributed by atoms with E-state index in [0.29, 0.717) is 19.0 Å². The quantitative estimate of drug-likeness (QED) is 0.867. The molecule has 0 atom stereocenters. The van der Waals surface area contributed by atoms with Crippen molar-refractivity contribution in [1.82, 2.24) is 19.8 Å². The first-order chi connectivity index (χ1) is 12.8. The summed E-state index contributed by atoms with van der Waals surface area (Å²) in [5.74, 6) is 3.15. The Morgan fingerprint density at radius 3 is 2.92 bits per heavy atom. The van der Waals surface area contributed by atoms with Gasteiger partial charge in [0.15, 0.2) is 0 Å². The van der Waals surface area contributed by atoms with Crippen LogP contribution in [0.4, 0.5) is 0 Å². The number of nitrogens with zero attached hydrogens (tertiary/aromatic N) is 3. The minimum absolute atomic E-state index is 0.149. The van der Waals surface area contributed by atoms with Gasteiger partial charge in [-0.25, -0.2) is 4.98 Å². The number of carbonyl (C=O) groups excluding carboxylic acids is 1. The lowest BCUT2D eigenvalue weighted by Gasteiger charge is -2.34. The SMILES string of the molecule is C#CCN1CCC(C(=O)N2CC=C(c3c[nH]c4ncccc34)CC2)CC1. The molecule has 4 rings (SSSR count). The molecule has 0 unspecified atom stereocenters. The van der Waals surface area contributed by atoms with E-state index < -0.39 is 0 Å². The maximum atomic E-state index is 12.8. The maximum Gasteiger partial charge on any atom is 0.226 e. The van der Waals surface area contributed by atoms with Crippen LogP contribution in [0, 0.1) is 18.3 Å². The zero-order chi connectivity index (χ0) is 17.9. The minimum atomic E-state index is 0.149. The van der Waals surface area contributed by atoms with Crippen molar-refractivity contribution in [1.29, 1.82) is 0 Å². The molecule has 1 fully saturated rings. The molecule has 2 aromatic heterocycles. The summed E-state index contributed by atoms with van der Waals surface area (Å²) < 4.78 is 0. The normalized spacial score (nSPS) is 19.3. The molecule has 134 valence electrons. The minimum Gasteiger partial charge on any atom is -0.346 e. The van der Waals surface area contributed by atoms with E-state index >= 15 is 0 Å². The van der Waals surface area contributed by atoms with Crippen molar-refractivity contribution in [3.05, 3.63) is 36.2 Å². The predicted molar refractivity (Wildman–Crippen MR) is 103 cm³/mol. The average Bonchev–Trinajstić information content (AvgIpc) is 3.13. The molecule has 4 heterocycles. The number of H-pyrrole nitrogens is 1. The number of terminal acetylenes is 1. The second kappa shape index (κ2) is 7.35. The van der Waals surface area contributed by atoms with Gasteiger partial charge < -0.3 is 9.88 Å². The van der Waals surface area contributed by atoms with E-state index in [0.717, 1.165) is 49.9 Å². The zero-order valence-corrected chi connectivity index (χ0v) is 14.9. The van der Waals surface area contributed by atoms with Crippen LogP contribution >= 0.6 is 0 Å². The van der Waals surface area contributed by atoms with Gasteiger partial charge in [0.2, 0.25) is 5.91 Å². The van der Waals surface area contributed by atoms with Crippen LogP contribution in [0.5, 0.6) is 0 Å². The van der Waals surface area contributed by atoms with E-state index in [1.54, 1.807) is 6.20 Å². The molecule has 0 bridgehead atoms. The number of piperidine rings is 1. The highest BCUT2D eigenvalue weighted by Crippen LogP contribution is 2.29. The van der Waals surface area contributed by atoms with E-state index in [1.165, 1.54) is 11.1 Å². The van der Waals surface area contributed by atoms with E-state index in [1.807, 2.05) is 17.2 Å². The highest BCUT2D eigenvalue weighted by molar-refractivity contribution is 5.91. The summed E-state index contributed by atoms with van der Waals surface area (Å²) in [5.41, 5.74) is 3.43. The van der Waals surface area contributed by atoms with Crippen LogP contribution in [-0.2, 0) is 4.79 Å². The molecule has 0 radical (unpaired) electrons. The molecule has 5 heteroatoms. The second-order valence-corrected chi connectivity index (χ2v) is 7.12. The molecule has 2 aliphatic rings. The highest BCUT2D eigenvalue weighted by atomic mass is 16.2. The van der Waals surface area contributed by atoms with Gasteiger partial charge in [0.05, 0.1) is 6.54 Å². The largest absolute Gasteiger partial charge is 0.346 e. The fraction of sp³-hybridized carbons (Fsp3) is 0.429. The summed E-state index contributed by atoms with van der Waals surface area (Å²) in [6.45, 7) is 4.04. The summed E-state index contributed by atoms with van der Waals surface area (Å²) in [7, 11) is 0. The Labute approximate surface area is 154 Å². The van der Waals surface area contributed by atoms with Gasteiger partial charge in [-0.1, -0.05) is 12.0 Å². The van der Waals surface area contributed by atoms with Gasteiger partial charge in [0, 0.05) is 42.4 Å². The highest BCUT2D eigenvalue weighted by Gasteiger charge is 2.29. The number of fused-ring (bicyclic) bond motifs is 1. The van der Waals surface area contributed by atoms with Gasteiger partial charge in [-0.15, -0.1) is 6.42 Å². The van der Waals surface area contributed by atoms with Crippen molar-refractivity contribution < 1.29 is 4.79 Å². The van der Waals surface area contributed by atoms with Gasteiger partial charge in [-0.05, 0) is 50.1 Å². The number of aromatic nitrogens is 2. The van der Waals surface area contributed by atoms with Gasteiger partial charge in [-0.2, -0.15) is 0 Å². The molecule has 0 aliphatic carbocycles. The molecule has 0 aromatic carbocycles. The standard InChI is InChI=1S/C21H24N4O/c1-2-10-24-11-5-17(6-12-24)21(26)25-13-7-16(8-14-25)19-15-23-20-18(19)4-3-9-22-20/h1,3-4,7,9,15,17H,5-6,8,10-14H2,(H,22,23). The smallest absolute Gasteiger partial charge is 0.226 e. The molecule has 2 aromatic rings. The Kier molecular flexibility index (Phi) is 4.77. The first-order valence-electron chi connectivity index (χ1n) is 9.32. The van der Waals surface area contributed by atoms with E-state index in [4.69, 9.17) is 6.42 Å². The molecule has 26 heavy (non-hydrogen) atoms. The lowest BCUT2D eigenvalue weighted by molar-refractivity contribution is -0.136. The third-order valence-electron chi connectivity index (χ3n) is 5.57. The Balaban J connectivity index is 1.40. The molecule has 1 saturated heterocycles. The molecule has 2 aliphatic heterocycles. The topological polar surface area (TPSA) is 52.2 Å². The summed E-state index contributed by atoms with van der Waals surface area (Å²) in [6.07, 6.45) is 14.1. The average molecular weight is 348 g/mol. The first-order valence-corrected chi connectivity index (χ1v) is 9.32. The number of carbonyl (C=O) groups is 1. The monoisotopic (exact) mass is 348 g/mol. The number of likely N-dealkylation sites (tertiary alicyclic amines) is 1. The van der Waals surface area contributed by atoms with Crippen LogP contribution in [0.3, 0.4) is 0 Å². The number of amides is 1. The van der Waals surface area contributed by atoms with Crippen LogP contribution in [-0.4, -0.2) is 58.4 Å². The summed E-state index contributed by atoms with van der Waals surface area (Å²) in [6, 6.07) is 4.06. The number of nitrogens with one attached hydrogen (secondary N) is 1. The van der Waals surface area contributed by atoms with Crippen molar-refractivity contribution in [2.45, 2.75) is 19.3 Å². The lowest BCUT2D eigenvalue weighted by atomic mass is 9.93. The summed E-state index contributed by atoms with van der Waals surface area (Å²) in [5, 5.41) is 1.15. The Morgan fingerprint density at radius 2 is 2.19 bits per heavy atom. The lowest BCUT2D eigenvalue weighted by Crippen LogP contribution is -2.44. The third kappa shape index (κ3) is 3.25. The Hall–Kier alpha value is -2.58. The van der Waals surface area contributed by atoms with E-state index in [9.17, 15) is 4.79 Å². The molecular weight excluding hydrogens is 324 g/mol. The molecular formula is C21H24N4O. The molecule has 1 amide bonds. The number of hydrogen-bond donors (Lipinski definition) is 1. The van der Waals surface area contributed by atoms with Gasteiger partial charge in [-0.3, -0.25) is 9.69 Å². The number of hydrogen-bond acceptors (Lipinski definition) is 3. The van der Waals surface area contributed by atoms with Crippen LogP contribution < -0.4 is 0 Å². The van der Waals surface area contributed by atoms with Crippen LogP contribution in [0.25, 0.3) is 16.6 Å². The Morgan fingerprint density at radius 1 is 1.35 bits per heavy atom. The number of pyridine rings is 1. The van der Waals surface area contributed by atoms with Crippen molar-refractivity contribution in [3.63, 3.8) is 0 Å². The van der Waals surface area contributed by atoms with Crippen molar-refractivity contribution in [2.75, 3.05) is 32.7 Å². The zero-order valence-electron chi connectivity index (χ0n) is 14.9. The molecule has 0 saturated carbocycles. The second-order valence-electron chi connectivity index (χ2n) is 7.12. The van der Waals surface area contributed by atoms with Crippen molar-refractivity contribution >= 4 is 22.5 Å². The van der Waals surface area contributed by atoms with Crippen LogP contribution in [0.2, 0.25) is 0 Å². The van der Waals surface area contributed by atoms with Crippen molar-refractivity contribution in [2.24, 2.45) is 5.92 Å². The van der Waals surface area contributed by atoms with Gasteiger partial charge in [0.25, 0.3) is 0 Å². The Bertz CT molecular complexity index is 868. The number of rotatable bonds is 3. The molecule has 0 spiro atoms. The van der Waals surface area contributed by atoms with Crippen LogP contribution in [0.15, 0.2) is 30.6 Å². The summed E-state index contributed by atoms with van der Waals surface area (Å²) >= 11 is 0. The van der Waals surface area contributed by atoms with Gasteiger partial charge in [0.1, 0.15) is 5.65 Å². The van der Waals surface area contributed by atoms with Gasteiger partial charge >= 0.3 is 0 Å².